The van der Waals surface area contributed by atoms with E-state index in [0.717, 1.165) is 5.56 Å². The highest BCUT2D eigenvalue weighted by molar-refractivity contribution is 7.79. The number of carbonyl (C=O) groups is 2. The fraction of sp³-hybridized carbons (Fsp3) is 0.220. The summed E-state index contributed by atoms with van der Waals surface area (Å²) in [6.45, 7) is -0.470. The Morgan fingerprint density at radius 2 is 1.07 bits per heavy atom. The molecule has 0 aliphatic carbocycles. The molecule has 0 bridgehead atoms. The standard InChI is InChI=1S/C21H20O6.C14H12O3.C6H13NO5.H2O4S/c1-26-20-11-14(5-9-18(20)24)3-7-16(22)13-17(23)8-4-15-6-10-19(25)21(12-15)27-2;15-12-5-3-10(4-6-12)1-2-11-7-13(16)9-14(17)8-11;7-3-5(10)4(9)2(1-8)12-6(3)11;1-5(2,3)4/h3-12,24-25H,13H2,1-2H3;1-9,15-17H;2-6,8-11H,1,7H2;(H2,1,2,3,4)/b7-3+,8-4+;;;/t;;2-,3-,4-,5-,6?;/m..1./s1. The molecular weight excluding hydrogens is 827 g/mol. The highest BCUT2D eigenvalue weighted by Gasteiger charge is 2.41. The van der Waals surface area contributed by atoms with Crippen molar-refractivity contribution < 1.29 is 87.3 Å². The van der Waals surface area contributed by atoms with Gasteiger partial charge in [-0.05, 0) is 82.9 Å². The molecule has 0 aromatic heterocycles. The number of phenolic OH excluding ortho intramolecular Hbond substituents is 5. The van der Waals surface area contributed by atoms with Crippen LogP contribution in [-0.2, 0) is 24.7 Å². The minimum atomic E-state index is -4.67. The van der Waals surface area contributed by atoms with Crippen molar-refractivity contribution in [2.24, 2.45) is 5.73 Å². The average molecular weight is 874 g/mol. The molecule has 1 aliphatic rings. The molecular formula is C41H47NO18S. The Kier molecular flexibility index (Phi) is 20.6. The third kappa shape index (κ3) is 19.1. The van der Waals surface area contributed by atoms with Crippen LogP contribution in [0.25, 0.3) is 24.3 Å². The number of hydrogen-bond acceptors (Lipinski definition) is 17. The van der Waals surface area contributed by atoms with Gasteiger partial charge in [0.2, 0.25) is 0 Å². The van der Waals surface area contributed by atoms with Crippen molar-refractivity contribution in [2.75, 3.05) is 20.8 Å². The first-order valence-corrected chi connectivity index (χ1v) is 19.0. The van der Waals surface area contributed by atoms with Gasteiger partial charge in [-0.25, -0.2) is 0 Å². The maximum Gasteiger partial charge on any atom is 0.394 e. The number of nitrogens with two attached hydrogens (primary N) is 1. The van der Waals surface area contributed by atoms with Crippen LogP contribution in [0.1, 0.15) is 28.7 Å². The summed E-state index contributed by atoms with van der Waals surface area (Å²) in [6.07, 6.45) is 4.19. The Bertz CT molecular complexity index is 2140. The summed E-state index contributed by atoms with van der Waals surface area (Å²) in [7, 11) is -1.80. The highest BCUT2D eigenvalue weighted by atomic mass is 32.3. The zero-order valence-electron chi connectivity index (χ0n) is 32.5. The zero-order valence-corrected chi connectivity index (χ0v) is 33.3. The minimum absolute atomic E-state index is 0.00662. The first-order valence-electron chi connectivity index (χ1n) is 17.6. The molecule has 61 heavy (non-hydrogen) atoms. The summed E-state index contributed by atoms with van der Waals surface area (Å²) in [4.78, 5) is 23.9. The molecule has 1 unspecified atom stereocenters. The van der Waals surface area contributed by atoms with Crippen molar-refractivity contribution in [2.45, 2.75) is 37.1 Å². The molecule has 1 heterocycles. The fourth-order valence-electron chi connectivity index (χ4n) is 4.87. The van der Waals surface area contributed by atoms with Crippen molar-refractivity contribution in [1.82, 2.24) is 0 Å². The molecule has 0 amide bonds. The molecule has 5 rings (SSSR count). The quantitative estimate of drug-likeness (QED) is 0.0445. The van der Waals surface area contributed by atoms with E-state index in [1.54, 1.807) is 78.9 Å². The first-order chi connectivity index (χ1) is 28.6. The number of ether oxygens (including phenoxy) is 3. The van der Waals surface area contributed by atoms with Crippen LogP contribution in [-0.4, -0.2) is 127 Å². The second kappa shape index (κ2) is 24.7. The lowest BCUT2D eigenvalue weighted by Crippen LogP contribution is -2.61. The van der Waals surface area contributed by atoms with Crippen molar-refractivity contribution in [3.63, 3.8) is 0 Å². The molecule has 4 aromatic carbocycles. The summed E-state index contributed by atoms with van der Waals surface area (Å²) < 4.78 is 46.3. The molecule has 1 aliphatic heterocycles. The molecule has 0 radical (unpaired) electrons. The van der Waals surface area contributed by atoms with Crippen LogP contribution in [0, 0.1) is 0 Å². The second-order valence-electron chi connectivity index (χ2n) is 12.6. The number of hydrogen-bond donors (Lipinski definition) is 12. The summed E-state index contributed by atoms with van der Waals surface area (Å²) >= 11 is 0. The third-order valence-corrected chi connectivity index (χ3v) is 7.91. The number of aromatic hydroxyl groups is 5. The number of phenols is 5. The lowest BCUT2D eigenvalue weighted by molar-refractivity contribution is -0.248. The normalized spacial score (nSPS) is 18.5. The SMILES string of the molecule is COc1cc(/C=C/C(=O)CC(=O)/C=C/c2ccc(O)c(OC)c2)ccc1O.N[C@H]1C(O)O[C@H](CO)[C@@H](O)[C@@H]1O.O=S(=O)(O)O.Oc1ccc(C=Cc2cc(O)cc(O)c2)cc1. The Morgan fingerprint density at radius 3 is 1.49 bits per heavy atom. The summed E-state index contributed by atoms with van der Waals surface area (Å²) in [6, 6.07) is 19.4. The van der Waals surface area contributed by atoms with Gasteiger partial charge in [-0.3, -0.25) is 18.7 Å². The van der Waals surface area contributed by atoms with Gasteiger partial charge in [0.05, 0.1) is 33.3 Å². The van der Waals surface area contributed by atoms with E-state index in [0.29, 0.717) is 28.2 Å². The van der Waals surface area contributed by atoms with Crippen LogP contribution >= 0.6 is 0 Å². The van der Waals surface area contributed by atoms with Gasteiger partial charge in [0.25, 0.3) is 0 Å². The van der Waals surface area contributed by atoms with E-state index >= 15 is 0 Å². The molecule has 20 heteroatoms. The van der Waals surface area contributed by atoms with Gasteiger partial charge in [-0.15, -0.1) is 0 Å². The van der Waals surface area contributed by atoms with E-state index in [1.165, 1.54) is 44.6 Å². The van der Waals surface area contributed by atoms with Crippen LogP contribution in [0.15, 0.2) is 91.0 Å². The Labute approximate surface area is 350 Å². The van der Waals surface area contributed by atoms with Crippen LogP contribution in [0.4, 0.5) is 0 Å². The van der Waals surface area contributed by atoms with Crippen molar-refractivity contribution in [1.29, 1.82) is 0 Å². The van der Waals surface area contributed by atoms with Crippen molar-refractivity contribution in [3.05, 3.63) is 113 Å². The van der Waals surface area contributed by atoms with Crippen LogP contribution in [0.3, 0.4) is 0 Å². The molecule has 0 saturated carbocycles. The summed E-state index contributed by atoms with van der Waals surface area (Å²) in [5.74, 6) is 0.183. The van der Waals surface area contributed by atoms with Crippen LogP contribution in [0.5, 0.6) is 40.2 Å². The number of allylic oxidation sites excluding steroid dienone is 2. The molecule has 13 N–H and O–H groups in total. The number of aliphatic hydroxyl groups excluding tert-OH is 4. The number of aliphatic hydroxyl groups is 4. The number of ketones is 2. The Balaban J connectivity index is 0.000000320. The fourth-order valence-corrected chi connectivity index (χ4v) is 4.87. The molecule has 19 nitrogen and oxygen atoms in total. The Morgan fingerprint density at radius 1 is 0.639 bits per heavy atom. The number of benzene rings is 4. The topological polar surface area (TPSA) is 345 Å². The second-order valence-corrected chi connectivity index (χ2v) is 13.5. The van der Waals surface area contributed by atoms with E-state index in [1.807, 2.05) is 6.08 Å². The lowest BCUT2D eigenvalue weighted by Gasteiger charge is -2.38. The molecule has 1 saturated heterocycles. The summed E-state index contributed by atoms with van der Waals surface area (Å²) in [5.41, 5.74) is 8.22. The van der Waals surface area contributed by atoms with Gasteiger partial charge in [-0.1, -0.05) is 48.6 Å². The largest absolute Gasteiger partial charge is 0.508 e. The number of rotatable bonds is 11. The summed E-state index contributed by atoms with van der Waals surface area (Å²) in [5, 5.41) is 82.9. The third-order valence-electron chi connectivity index (χ3n) is 7.91. The predicted molar refractivity (Wildman–Crippen MR) is 221 cm³/mol. The molecule has 1 fully saturated rings. The van der Waals surface area contributed by atoms with E-state index in [9.17, 15) is 40.2 Å². The smallest absolute Gasteiger partial charge is 0.394 e. The van der Waals surface area contributed by atoms with Gasteiger partial charge in [0.15, 0.2) is 40.9 Å². The van der Waals surface area contributed by atoms with E-state index in [-0.39, 0.29) is 46.7 Å². The maximum absolute atomic E-state index is 11.9. The molecule has 5 atom stereocenters. The zero-order chi connectivity index (χ0) is 45.9. The van der Waals surface area contributed by atoms with Gasteiger partial charge >= 0.3 is 10.4 Å². The highest BCUT2D eigenvalue weighted by Crippen LogP contribution is 2.28. The lowest BCUT2D eigenvalue weighted by atomic mass is 9.98. The van der Waals surface area contributed by atoms with Crippen LogP contribution < -0.4 is 15.2 Å². The monoisotopic (exact) mass is 873 g/mol. The van der Waals surface area contributed by atoms with E-state index in [2.05, 4.69) is 0 Å². The molecule has 4 aromatic rings. The first kappa shape index (κ1) is 50.8. The predicted octanol–water partition coefficient (Wildman–Crippen LogP) is 2.44. The van der Waals surface area contributed by atoms with Crippen molar-refractivity contribution >= 4 is 46.3 Å². The molecule has 0 spiro atoms. The average Bonchev–Trinajstić information content (AvgIpc) is 3.20. The minimum Gasteiger partial charge on any atom is -0.508 e. The van der Waals surface area contributed by atoms with Gasteiger partial charge in [0, 0.05) is 6.07 Å². The number of carbonyl (C=O) groups excluding carboxylic acids is 2. The number of methoxy groups -OCH3 is 2. The van der Waals surface area contributed by atoms with Crippen molar-refractivity contribution in [3.8, 4) is 40.2 Å². The van der Waals surface area contributed by atoms with E-state index < -0.39 is 47.6 Å². The maximum atomic E-state index is 11.9. The van der Waals surface area contributed by atoms with E-state index in [4.69, 9.17) is 52.8 Å². The molecule has 330 valence electrons. The van der Waals surface area contributed by atoms with Gasteiger partial charge in [0.1, 0.15) is 35.6 Å². The Hall–Kier alpha value is -6.33. The van der Waals surface area contributed by atoms with Crippen LogP contribution in [0.2, 0.25) is 0 Å². The van der Waals surface area contributed by atoms with Gasteiger partial charge in [-0.2, -0.15) is 8.42 Å². The van der Waals surface area contributed by atoms with Gasteiger partial charge < -0.3 is 65.9 Å².